The Balaban J connectivity index is 2.12. The number of carboxylic acids is 1. The summed E-state index contributed by atoms with van der Waals surface area (Å²) in [5.74, 6) is 1.47. The second-order valence-electron chi connectivity index (χ2n) is 4.98. The Kier molecular flexibility index (Phi) is 4.46. The molecule has 1 aromatic rings. The van der Waals surface area contributed by atoms with Crippen LogP contribution in [0.2, 0.25) is 0 Å². The molecule has 2 heterocycles. The number of thioether (sulfide) groups is 1. The lowest BCUT2D eigenvalue weighted by Gasteiger charge is -2.29. The van der Waals surface area contributed by atoms with E-state index in [1.165, 1.54) is 0 Å². The molecule has 1 aliphatic rings. The third-order valence-corrected chi connectivity index (χ3v) is 4.70. The SMILES string of the molecule is CC(C(=O)O)C(C)c1nc(C2CSCCN2C)no1. The first-order chi connectivity index (χ1) is 9.00. The molecule has 0 amide bonds. The van der Waals surface area contributed by atoms with Gasteiger partial charge in [0.2, 0.25) is 5.89 Å². The summed E-state index contributed by atoms with van der Waals surface area (Å²) in [4.78, 5) is 17.6. The average molecular weight is 285 g/mol. The van der Waals surface area contributed by atoms with Crippen molar-refractivity contribution in [3.8, 4) is 0 Å². The van der Waals surface area contributed by atoms with Crippen molar-refractivity contribution in [2.45, 2.75) is 25.8 Å². The second-order valence-corrected chi connectivity index (χ2v) is 6.13. The summed E-state index contributed by atoms with van der Waals surface area (Å²) in [6.45, 7) is 4.45. The molecular weight excluding hydrogens is 266 g/mol. The van der Waals surface area contributed by atoms with E-state index in [1.54, 1.807) is 13.8 Å². The van der Waals surface area contributed by atoms with Crippen LogP contribution in [0.25, 0.3) is 0 Å². The van der Waals surface area contributed by atoms with Crippen LogP contribution in [0.3, 0.4) is 0 Å². The highest BCUT2D eigenvalue weighted by molar-refractivity contribution is 7.99. The normalized spacial score (nSPS) is 24.1. The van der Waals surface area contributed by atoms with Gasteiger partial charge in [-0.25, -0.2) is 0 Å². The van der Waals surface area contributed by atoms with Gasteiger partial charge in [-0.1, -0.05) is 19.0 Å². The van der Waals surface area contributed by atoms with Crippen molar-refractivity contribution < 1.29 is 14.4 Å². The Morgan fingerprint density at radius 2 is 2.32 bits per heavy atom. The van der Waals surface area contributed by atoms with Gasteiger partial charge in [-0.05, 0) is 7.05 Å². The fourth-order valence-corrected chi connectivity index (χ4v) is 3.16. The maximum Gasteiger partial charge on any atom is 0.307 e. The van der Waals surface area contributed by atoms with Gasteiger partial charge in [0.1, 0.15) is 0 Å². The third kappa shape index (κ3) is 3.09. The number of carbonyl (C=O) groups is 1. The molecule has 1 fully saturated rings. The summed E-state index contributed by atoms with van der Waals surface area (Å²) in [6, 6.07) is 0.156. The molecule has 2 rings (SSSR count). The van der Waals surface area contributed by atoms with Crippen LogP contribution >= 0.6 is 11.8 Å². The van der Waals surface area contributed by atoms with Crippen molar-refractivity contribution in [2.75, 3.05) is 25.1 Å². The molecule has 1 aromatic heterocycles. The Bertz CT molecular complexity index is 451. The number of hydrogen-bond donors (Lipinski definition) is 1. The van der Waals surface area contributed by atoms with Crippen LogP contribution in [-0.2, 0) is 4.79 Å². The van der Waals surface area contributed by atoms with Crippen molar-refractivity contribution >= 4 is 17.7 Å². The molecule has 19 heavy (non-hydrogen) atoms. The smallest absolute Gasteiger partial charge is 0.307 e. The van der Waals surface area contributed by atoms with Gasteiger partial charge < -0.3 is 9.63 Å². The zero-order valence-electron chi connectivity index (χ0n) is 11.4. The van der Waals surface area contributed by atoms with Crippen LogP contribution in [0.15, 0.2) is 4.52 Å². The largest absolute Gasteiger partial charge is 0.481 e. The molecule has 0 radical (unpaired) electrons. The third-order valence-electron chi connectivity index (χ3n) is 3.68. The molecule has 3 unspecified atom stereocenters. The number of rotatable bonds is 4. The molecule has 106 valence electrons. The predicted octanol–water partition coefficient (Wildman–Crippen LogP) is 1.61. The van der Waals surface area contributed by atoms with E-state index in [0.717, 1.165) is 18.1 Å². The summed E-state index contributed by atoms with van der Waals surface area (Å²) in [5.41, 5.74) is 0. The van der Waals surface area contributed by atoms with E-state index in [9.17, 15) is 4.79 Å². The van der Waals surface area contributed by atoms with E-state index in [2.05, 4.69) is 15.0 Å². The van der Waals surface area contributed by atoms with Crippen LogP contribution < -0.4 is 0 Å². The molecule has 0 aliphatic carbocycles. The quantitative estimate of drug-likeness (QED) is 0.900. The minimum Gasteiger partial charge on any atom is -0.481 e. The molecule has 7 heteroatoms. The molecule has 1 N–H and O–H groups in total. The fourth-order valence-electron chi connectivity index (χ4n) is 1.95. The van der Waals surface area contributed by atoms with Crippen molar-refractivity contribution in [2.24, 2.45) is 5.92 Å². The van der Waals surface area contributed by atoms with Gasteiger partial charge in [-0.2, -0.15) is 16.7 Å². The maximum absolute atomic E-state index is 11.0. The summed E-state index contributed by atoms with van der Waals surface area (Å²) < 4.78 is 5.24. The number of aromatic nitrogens is 2. The van der Waals surface area contributed by atoms with Gasteiger partial charge in [0.15, 0.2) is 5.82 Å². The van der Waals surface area contributed by atoms with Gasteiger partial charge >= 0.3 is 5.97 Å². The van der Waals surface area contributed by atoms with Crippen molar-refractivity contribution in [1.29, 1.82) is 0 Å². The number of carboxylic acid groups (broad SMARTS) is 1. The molecule has 0 spiro atoms. The minimum absolute atomic E-state index is 0.156. The minimum atomic E-state index is -0.849. The molecule has 6 nitrogen and oxygen atoms in total. The Labute approximate surface area is 116 Å². The van der Waals surface area contributed by atoms with E-state index in [-0.39, 0.29) is 12.0 Å². The highest BCUT2D eigenvalue weighted by Gasteiger charge is 2.29. The Morgan fingerprint density at radius 3 is 2.95 bits per heavy atom. The van der Waals surface area contributed by atoms with Crippen LogP contribution in [0.4, 0.5) is 0 Å². The van der Waals surface area contributed by atoms with Crippen molar-refractivity contribution in [1.82, 2.24) is 15.0 Å². The number of hydrogen-bond acceptors (Lipinski definition) is 6. The monoisotopic (exact) mass is 285 g/mol. The molecule has 0 saturated carbocycles. The topological polar surface area (TPSA) is 79.5 Å². The van der Waals surface area contributed by atoms with Crippen LogP contribution in [-0.4, -0.2) is 51.2 Å². The summed E-state index contributed by atoms with van der Waals surface area (Å²) in [5, 5.41) is 13.0. The van der Waals surface area contributed by atoms with Gasteiger partial charge in [-0.3, -0.25) is 9.69 Å². The van der Waals surface area contributed by atoms with Gasteiger partial charge in [0.25, 0.3) is 0 Å². The van der Waals surface area contributed by atoms with E-state index in [4.69, 9.17) is 9.63 Å². The average Bonchev–Trinajstić information content (AvgIpc) is 2.86. The standard InChI is InChI=1S/C12H19N3O3S/c1-7(8(2)12(16)17)11-13-10(14-18-11)9-6-19-5-4-15(9)3/h7-9H,4-6H2,1-3H3,(H,16,17). The van der Waals surface area contributed by atoms with Crippen LogP contribution in [0, 0.1) is 5.92 Å². The van der Waals surface area contributed by atoms with E-state index in [0.29, 0.717) is 11.7 Å². The van der Waals surface area contributed by atoms with Crippen molar-refractivity contribution in [3.05, 3.63) is 11.7 Å². The van der Waals surface area contributed by atoms with Gasteiger partial charge in [-0.15, -0.1) is 0 Å². The molecule has 0 bridgehead atoms. The molecule has 3 atom stereocenters. The molecule has 1 aliphatic heterocycles. The lowest BCUT2D eigenvalue weighted by Crippen LogP contribution is -2.33. The van der Waals surface area contributed by atoms with E-state index in [1.807, 2.05) is 18.8 Å². The highest BCUT2D eigenvalue weighted by atomic mass is 32.2. The maximum atomic E-state index is 11.0. The van der Waals surface area contributed by atoms with Crippen LogP contribution in [0.1, 0.15) is 37.5 Å². The summed E-state index contributed by atoms with van der Waals surface area (Å²) >= 11 is 1.87. The zero-order valence-corrected chi connectivity index (χ0v) is 12.2. The van der Waals surface area contributed by atoms with Crippen LogP contribution in [0.5, 0.6) is 0 Å². The Hall–Kier alpha value is -1.08. The van der Waals surface area contributed by atoms with Gasteiger partial charge in [0, 0.05) is 24.0 Å². The first-order valence-electron chi connectivity index (χ1n) is 6.35. The predicted molar refractivity (Wildman–Crippen MR) is 72.2 cm³/mol. The van der Waals surface area contributed by atoms with Crippen molar-refractivity contribution in [3.63, 3.8) is 0 Å². The van der Waals surface area contributed by atoms with E-state index >= 15 is 0 Å². The first kappa shape index (κ1) is 14.3. The number of nitrogens with zero attached hydrogens (tertiary/aromatic N) is 3. The fraction of sp³-hybridized carbons (Fsp3) is 0.750. The second kappa shape index (κ2) is 5.92. The van der Waals surface area contributed by atoms with E-state index < -0.39 is 11.9 Å². The van der Waals surface area contributed by atoms with Gasteiger partial charge in [0.05, 0.1) is 12.0 Å². The molecule has 1 saturated heterocycles. The molecular formula is C12H19N3O3S. The lowest BCUT2D eigenvalue weighted by atomic mass is 9.96. The zero-order chi connectivity index (χ0) is 14.0. The Morgan fingerprint density at radius 1 is 1.58 bits per heavy atom. The number of aliphatic carboxylic acids is 1. The summed E-state index contributed by atoms with van der Waals surface area (Å²) in [6.07, 6.45) is 0. The summed E-state index contributed by atoms with van der Waals surface area (Å²) in [7, 11) is 2.05. The molecule has 0 aromatic carbocycles. The lowest BCUT2D eigenvalue weighted by molar-refractivity contribution is -0.141. The highest BCUT2D eigenvalue weighted by Crippen LogP contribution is 2.29. The first-order valence-corrected chi connectivity index (χ1v) is 7.50.